The van der Waals surface area contributed by atoms with Crippen molar-refractivity contribution in [2.75, 3.05) is 0 Å². The van der Waals surface area contributed by atoms with Gasteiger partial charge in [0.2, 0.25) is 0 Å². The molecule has 0 fully saturated rings. The summed E-state index contributed by atoms with van der Waals surface area (Å²) in [7, 11) is 0. The number of nitrogens with zero attached hydrogens (tertiary/aromatic N) is 2. The van der Waals surface area contributed by atoms with Crippen LogP contribution in [0.5, 0.6) is 0 Å². The number of hydrogen-bond donors (Lipinski definition) is 0. The van der Waals surface area contributed by atoms with Crippen LogP contribution in [0, 0.1) is 0 Å². The van der Waals surface area contributed by atoms with Crippen molar-refractivity contribution >= 4 is 10.8 Å². The van der Waals surface area contributed by atoms with Crippen molar-refractivity contribution in [3.63, 3.8) is 0 Å². The summed E-state index contributed by atoms with van der Waals surface area (Å²) in [5.74, 6) is 0. The first-order valence-corrected chi connectivity index (χ1v) is 7.86. The largest absolute Gasteiger partial charge is 0.274 e. The quantitative estimate of drug-likeness (QED) is 0.659. The zero-order chi connectivity index (χ0) is 15.4. The zero-order valence-corrected chi connectivity index (χ0v) is 12.8. The van der Waals surface area contributed by atoms with Crippen molar-refractivity contribution in [1.82, 2.24) is 9.78 Å². The maximum absolute atomic E-state index is 12.6. The average molecular weight is 292 g/mol. The summed E-state index contributed by atoms with van der Waals surface area (Å²) in [6, 6.07) is 17.8. The van der Waals surface area contributed by atoms with Crippen molar-refractivity contribution in [1.29, 1.82) is 0 Å². The van der Waals surface area contributed by atoms with Gasteiger partial charge in [0.15, 0.2) is 0 Å². The molecule has 0 saturated carbocycles. The molecule has 3 aromatic rings. The number of hydrogen-bond acceptors (Lipinski definition) is 2. The van der Waals surface area contributed by atoms with Crippen molar-refractivity contribution < 1.29 is 0 Å². The van der Waals surface area contributed by atoms with Crippen LogP contribution in [-0.4, -0.2) is 9.78 Å². The lowest BCUT2D eigenvalue weighted by Gasteiger charge is -2.11. The highest BCUT2D eigenvalue weighted by Gasteiger charge is 2.11. The van der Waals surface area contributed by atoms with Gasteiger partial charge in [-0.3, -0.25) is 4.79 Å². The SMILES string of the molecule is CCCCCn1nc(-c2ccccc2)c2ccccc2c1=O. The molecule has 0 amide bonds. The Bertz CT molecular complexity index is 822. The van der Waals surface area contributed by atoms with Gasteiger partial charge in [-0.2, -0.15) is 5.10 Å². The van der Waals surface area contributed by atoms with Crippen LogP contribution in [0.3, 0.4) is 0 Å². The van der Waals surface area contributed by atoms with Gasteiger partial charge >= 0.3 is 0 Å². The summed E-state index contributed by atoms with van der Waals surface area (Å²) in [4.78, 5) is 12.6. The van der Waals surface area contributed by atoms with E-state index in [0.717, 1.165) is 41.3 Å². The lowest BCUT2D eigenvalue weighted by Crippen LogP contribution is -2.24. The van der Waals surface area contributed by atoms with Gasteiger partial charge in [-0.05, 0) is 12.5 Å². The second kappa shape index (κ2) is 6.56. The molecule has 1 aromatic heterocycles. The third-order valence-electron chi connectivity index (χ3n) is 3.89. The van der Waals surface area contributed by atoms with Gasteiger partial charge in [0.1, 0.15) is 0 Å². The predicted molar refractivity (Wildman–Crippen MR) is 91.0 cm³/mol. The molecule has 0 spiro atoms. The molecule has 2 aromatic carbocycles. The Balaban J connectivity index is 2.18. The first-order valence-electron chi connectivity index (χ1n) is 7.86. The molecule has 3 heteroatoms. The number of fused-ring (bicyclic) bond motifs is 1. The van der Waals surface area contributed by atoms with Crippen LogP contribution >= 0.6 is 0 Å². The molecule has 0 bridgehead atoms. The summed E-state index contributed by atoms with van der Waals surface area (Å²) in [6.45, 7) is 2.84. The lowest BCUT2D eigenvalue weighted by molar-refractivity contribution is 0.534. The molecule has 0 aliphatic rings. The van der Waals surface area contributed by atoms with Crippen molar-refractivity contribution in [2.45, 2.75) is 32.7 Å². The Morgan fingerprint density at radius 1 is 0.909 bits per heavy atom. The number of benzene rings is 2. The molecule has 3 nitrogen and oxygen atoms in total. The van der Waals surface area contributed by atoms with Crippen LogP contribution in [0.25, 0.3) is 22.0 Å². The molecule has 112 valence electrons. The van der Waals surface area contributed by atoms with E-state index < -0.39 is 0 Å². The van der Waals surface area contributed by atoms with E-state index in [2.05, 4.69) is 12.0 Å². The first-order chi connectivity index (χ1) is 10.8. The minimum atomic E-state index is 0.00591. The Morgan fingerprint density at radius 2 is 1.59 bits per heavy atom. The Hall–Kier alpha value is -2.42. The highest BCUT2D eigenvalue weighted by Crippen LogP contribution is 2.24. The molecule has 0 atom stereocenters. The zero-order valence-electron chi connectivity index (χ0n) is 12.8. The molecule has 22 heavy (non-hydrogen) atoms. The van der Waals surface area contributed by atoms with E-state index in [4.69, 9.17) is 0 Å². The molecule has 0 unspecified atom stereocenters. The normalized spacial score (nSPS) is 11.0. The fourth-order valence-corrected chi connectivity index (χ4v) is 2.71. The van der Waals surface area contributed by atoms with Crippen LogP contribution in [0.15, 0.2) is 59.4 Å². The molecule has 0 radical (unpaired) electrons. The predicted octanol–water partition coefficient (Wildman–Crippen LogP) is 4.25. The van der Waals surface area contributed by atoms with Crippen LogP contribution < -0.4 is 5.56 Å². The van der Waals surface area contributed by atoms with Gasteiger partial charge in [0.05, 0.1) is 11.1 Å². The highest BCUT2D eigenvalue weighted by atomic mass is 16.1. The topological polar surface area (TPSA) is 34.9 Å². The minimum Gasteiger partial charge on any atom is -0.267 e. The molecular formula is C19H20N2O. The summed E-state index contributed by atoms with van der Waals surface area (Å²) < 4.78 is 1.63. The Kier molecular flexibility index (Phi) is 4.33. The van der Waals surface area contributed by atoms with E-state index in [1.165, 1.54) is 0 Å². The van der Waals surface area contributed by atoms with Gasteiger partial charge in [-0.25, -0.2) is 4.68 Å². The van der Waals surface area contributed by atoms with Gasteiger partial charge in [-0.15, -0.1) is 0 Å². The Labute approximate surface area is 130 Å². The van der Waals surface area contributed by atoms with E-state index in [9.17, 15) is 4.79 Å². The summed E-state index contributed by atoms with van der Waals surface area (Å²) >= 11 is 0. The highest BCUT2D eigenvalue weighted by molar-refractivity contribution is 5.93. The number of rotatable bonds is 5. The van der Waals surface area contributed by atoms with Gasteiger partial charge in [0.25, 0.3) is 5.56 Å². The molecule has 0 N–H and O–H groups in total. The second-order valence-electron chi connectivity index (χ2n) is 5.50. The van der Waals surface area contributed by atoms with E-state index in [1.54, 1.807) is 4.68 Å². The minimum absolute atomic E-state index is 0.00591. The summed E-state index contributed by atoms with van der Waals surface area (Å²) in [6.07, 6.45) is 3.23. The molecular weight excluding hydrogens is 272 g/mol. The van der Waals surface area contributed by atoms with Crippen LogP contribution in [0.4, 0.5) is 0 Å². The summed E-state index contributed by atoms with van der Waals surface area (Å²) in [5.41, 5.74) is 1.93. The third-order valence-corrected chi connectivity index (χ3v) is 3.89. The first kappa shape index (κ1) is 14.5. The molecule has 3 rings (SSSR count). The Morgan fingerprint density at radius 3 is 2.32 bits per heavy atom. The van der Waals surface area contributed by atoms with Crippen LogP contribution in [0.2, 0.25) is 0 Å². The number of aryl methyl sites for hydroxylation is 1. The number of aromatic nitrogens is 2. The van der Waals surface area contributed by atoms with Crippen LogP contribution in [-0.2, 0) is 6.54 Å². The van der Waals surface area contributed by atoms with E-state index in [1.807, 2.05) is 54.6 Å². The fourth-order valence-electron chi connectivity index (χ4n) is 2.71. The molecule has 0 saturated heterocycles. The van der Waals surface area contributed by atoms with Crippen LogP contribution in [0.1, 0.15) is 26.2 Å². The van der Waals surface area contributed by atoms with Crippen molar-refractivity contribution in [3.8, 4) is 11.3 Å². The standard InChI is InChI=1S/C19H20N2O/c1-2-3-9-14-21-19(22)17-13-8-7-12-16(17)18(20-21)15-10-5-4-6-11-15/h4-8,10-13H,2-3,9,14H2,1H3. The smallest absolute Gasteiger partial charge is 0.267 e. The molecule has 0 aliphatic heterocycles. The molecule has 0 aliphatic carbocycles. The average Bonchev–Trinajstić information content (AvgIpc) is 2.58. The second-order valence-corrected chi connectivity index (χ2v) is 5.50. The third kappa shape index (κ3) is 2.80. The van der Waals surface area contributed by atoms with Crippen molar-refractivity contribution in [2.24, 2.45) is 0 Å². The fraction of sp³-hybridized carbons (Fsp3) is 0.263. The monoisotopic (exact) mass is 292 g/mol. The van der Waals surface area contributed by atoms with Crippen molar-refractivity contribution in [3.05, 3.63) is 65.0 Å². The maximum Gasteiger partial charge on any atom is 0.274 e. The van der Waals surface area contributed by atoms with Gasteiger partial charge < -0.3 is 0 Å². The van der Waals surface area contributed by atoms with Gasteiger partial charge in [0, 0.05) is 17.5 Å². The summed E-state index contributed by atoms with van der Waals surface area (Å²) in [5, 5.41) is 6.31. The number of unbranched alkanes of at least 4 members (excludes halogenated alkanes) is 2. The maximum atomic E-state index is 12.6. The van der Waals surface area contributed by atoms with Gasteiger partial charge in [-0.1, -0.05) is 68.3 Å². The van der Waals surface area contributed by atoms with E-state index in [-0.39, 0.29) is 5.56 Å². The lowest BCUT2D eigenvalue weighted by atomic mass is 10.1. The van der Waals surface area contributed by atoms with E-state index >= 15 is 0 Å². The molecule has 1 heterocycles. The van der Waals surface area contributed by atoms with E-state index in [0.29, 0.717) is 6.54 Å².